The normalized spacial score (nSPS) is 33.0. The second kappa shape index (κ2) is 18.3. The van der Waals surface area contributed by atoms with Gasteiger partial charge in [0.2, 0.25) is 0 Å². The third-order valence-electron chi connectivity index (χ3n) is 10.5. The zero-order valence-corrected chi connectivity index (χ0v) is 32.9. The van der Waals surface area contributed by atoms with Crippen molar-refractivity contribution >= 4 is 28.1 Å². The lowest BCUT2D eigenvalue weighted by molar-refractivity contribution is 0.250. The molecule has 1 heterocycles. The van der Waals surface area contributed by atoms with Gasteiger partial charge in [0.15, 0.2) is 16.6 Å². The van der Waals surface area contributed by atoms with Gasteiger partial charge in [-0.2, -0.15) is 0 Å². The van der Waals surface area contributed by atoms with Gasteiger partial charge < -0.3 is 14.2 Å². The molecule has 0 radical (unpaired) electrons. The number of unbranched alkanes of at least 4 members (excludes halogenated alkanes) is 2. The summed E-state index contributed by atoms with van der Waals surface area (Å²) >= 11 is 0. The maximum absolute atomic E-state index is 6.21. The summed E-state index contributed by atoms with van der Waals surface area (Å²) in [6, 6.07) is 1.72. The molecule has 1 N–H and O–H groups in total. The Labute approximate surface area is 275 Å². The van der Waals surface area contributed by atoms with E-state index in [0.29, 0.717) is 47.8 Å². The smallest absolute Gasteiger partial charge is 0.183 e. The molecule has 44 heavy (non-hydrogen) atoms. The average Bonchev–Trinajstić information content (AvgIpc) is 2.93. The molecule has 2 saturated carbocycles. The molecule has 2 aliphatic carbocycles. The number of hydrogen-bond acceptors (Lipinski definition) is 5. The summed E-state index contributed by atoms with van der Waals surface area (Å²) in [5.41, 5.74) is 2.91. The fourth-order valence-corrected chi connectivity index (χ4v) is 9.43. The van der Waals surface area contributed by atoms with Gasteiger partial charge in [-0.05, 0) is 146 Å². The summed E-state index contributed by atoms with van der Waals surface area (Å²) in [5, 5.41) is 4.21. The van der Waals surface area contributed by atoms with E-state index in [9.17, 15) is 0 Å². The van der Waals surface area contributed by atoms with E-state index in [1.54, 1.807) is 0 Å². The second-order valence-corrected chi connectivity index (χ2v) is 26.1. The summed E-state index contributed by atoms with van der Waals surface area (Å²) < 4.78 is 12.4. The van der Waals surface area contributed by atoms with Gasteiger partial charge >= 0.3 is 0 Å². The van der Waals surface area contributed by atoms with Gasteiger partial charge in [-0.1, -0.05) is 40.5 Å². The van der Waals surface area contributed by atoms with E-state index in [2.05, 4.69) is 72.3 Å². The monoisotopic (exact) mass is 648 g/mol. The Morgan fingerprint density at radius 1 is 0.545 bits per heavy atom. The van der Waals surface area contributed by atoms with Gasteiger partial charge in [-0.25, -0.2) is 0 Å². The Morgan fingerprint density at radius 3 is 1.23 bits per heavy atom. The van der Waals surface area contributed by atoms with Crippen LogP contribution in [0.3, 0.4) is 0 Å². The van der Waals surface area contributed by atoms with Crippen LogP contribution in [-0.2, 0) is 8.85 Å². The van der Waals surface area contributed by atoms with Crippen molar-refractivity contribution in [2.45, 2.75) is 187 Å². The average molecular weight is 648 g/mol. The van der Waals surface area contributed by atoms with Crippen molar-refractivity contribution in [3.63, 3.8) is 0 Å². The lowest BCUT2D eigenvalue weighted by atomic mass is 9.78. The Bertz CT molecular complexity index is 806. The van der Waals surface area contributed by atoms with Gasteiger partial charge in [-0.15, -0.1) is 0 Å². The summed E-state index contributed by atoms with van der Waals surface area (Å²) in [5.74, 6) is 2.75. The molecule has 256 valence electrons. The molecule has 3 rings (SSSR count). The fraction of sp³-hybridized carbons (Fsp3) is 0.946. The number of nitrogens with one attached hydrogen (secondary N) is 1. The highest BCUT2D eigenvalue weighted by molar-refractivity contribution is 6.70. The minimum atomic E-state index is -1.46. The standard InChI is InChI=1S/C37H73N3O2Si2/c1-28-18-15-19-29(2)36(28)39-34(22-11-13-26-41-43(5,6)7)32-24-17-25-33(38-32)35(23-12-14-27-42-44(8,9)10)40-37-30(3)20-16-21-31(37)4/h28-33,36-38H,11-27H2,1-10H3. The first-order valence-electron chi connectivity index (χ1n) is 18.9. The Kier molecular flexibility index (Phi) is 15.8. The molecular formula is C37H73N3O2Si2. The van der Waals surface area contributed by atoms with Crippen LogP contribution in [-0.4, -0.2) is 65.4 Å². The number of nitrogens with zero attached hydrogens (tertiary/aromatic N) is 2. The van der Waals surface area contributed by atoms with E-state index in [4.69, 9.17) is 18.8 Å². The first-order chi connectivity index (χ1) is 20.7. The number of piperidine rings is 1. The summed E-state index contributed by atoms with van der Waals surface area (Å²) in [6.45, 7) is 25.4. The van der Waals surface area contributed by atoms with Gasteiger partial charge in [0.25, 0.3) is 0 Å². The molecule has 1 aliphatic heterocycles. The summed E-state index contributed by atoms with van der Waals surface area (Å²) in [6.07, 6.45) is 18.6. The molecule has 6 atom stereocenters. The van der Waals surface area contributed by atoms with Crippen molar-refractivity contribution in [2.75, 3.05) is 13.2 Å². The zero-order valence-electron chi connectivity index (χ0n) is 30.9. The van der Waals surface area contributed by atoms with Gasteiger partial charge in [0.1, 0.15) is 0 Å². The Balaban J connectivity index is 1.77. The minimum Gasteiger partial charge on any atom is -0.418 e. The van der Waals surface area contributed by atoms with Crippen LogP contribution in [0.25, 0.3) is 0 Å². The highest BCUT2D eigenvalue weighted by Gasteiger charge is 2.33. The molecule has 3 fully saturated rings. The summed E-state index contributed by atoms with van der Waals surface area (Å²) in [7, 11) is -2.92. The van der Waals surface area contributed by atoms with Crippen molar-refractivity contribution in [2.24, 2.45) is 33.7 Å². The van der Waals surface area contributed by atoms with Crippen molar-refractivity contribution in [3.8, 4) is 0 Å². The largest absolute Gasteiger partial charge is 0.418 e. The fourth-order valence-electron chi connectivity index (χ4n) is 7.91. The molecule has 0 aromatic carbocycles. The van der Waals surface area contributed by atoms with Crippen LogP contribution < -0.4 is 5.32 Å². The summed E-state index contributed by atoms with van der Waals surface area (Å²) in [4.78, 5) is 11.4. The first-order valence-corrected chi connectivity index (χ1v) is 25.7. The number of hydrogen-bond donors (Lipinski definition) is 1. The molecule has 0 amide bonds. The quantitative estimate of drug-likeness (QED) is 0.103. The van der Waals surface area contributed by atoms with Crippen LogP contribution in [0, 0.1) is 23.7 Å². The first kappa shape index (κ1) is 38.1. The highest BCUT2D eigenvalue weighted by atomic mass is 28.4. The Hall–Kier alpha value is -0.346. The molecule has 0 spiro atoms. The van der Waals surface area contributed by atoms with E-state index in [-0.39, 0.29) is 0 Å². The van der Waals surface area contributed by atoms with Crippen molar-refractivity contribution in [1.82, 2.24) is 5.32 Å². The molecule has 0 bridgehead atoms. The van der Waals surface area contributed by atoms with E-state index >= 15 is 0 Å². The topological polar surface area (TPSA) is 55.2 Å². The van der Waals surface area contributed by atoms with Crippen LogP contribution in [0.5, 0.6) is 0 Å². The van der Waals surface area contributed by atoms with Gasteiger partial charge in [0.05, 0.1) is 12.1 Å². The Morgan fingerprint density at radius 2 is 0.886 bits per heavy atom. The predicted molar refractivity (Wildman–Crippen MR) is 198 cm³/mol. The SMILES string of the molecule is CC1CCCC(C)C1N=C(CCCCO[Si](C)(C)C)C1CCCC(C(CCCCO[Si](C)(C)C)=NC2C(C)CCCC2C)N1. The molecule has 7 heteroatoms. The van der Waals surface area contributed by atoms with Crippen LogP contribution in [0.1, 0.15) is 124 Å². The minimum absolute atomic E-state index is 0.384. The molecular weight excluding hydrogens is 575 g/mol. The maximum atomic E-state index is 6.21. The molecule has 6 unspecified atom stereocenters. The molecule has 5 nitrogen and oxygen atoms in total. The third-order valence-corrected chi connectivity index (χ3v) is 12.7. The van der Waals surface area contributed by atoms with Crippen LogP contribution in [0.2, 0.25) is 39.3 Å². The lowest BCUT2D eigenvalue weighted by Crippen LogP contribution is -2.51. The van der Waals surface area contributed by atoms with E-state index < -0.39 is 16.6 Å². The van der Waals surface area contributed by atoms with E-state index in [0.717, 1.165) is 38.9 Å². The lowest BCUT2D eigenvalue weighted by Gasteiger charge is -2.38. The van der Waals surface area contributed by atoms with Crippen LogP contribution >= 0.6 is 0 Å². The van der Waals surface area contributed by atoms with E-state index in [1.807, 2.05) is 0 Å². The molecule has 1 saturated heterocycles. The zero-order chi connectivity index (χ0) is 32.3. The van der Waals surface area contributed by atoms with Crippen molar-refractivity contribution < 1.29 is 8.85 Å². The van der Waals surface area contributed by atoms with Crippen LogP contribution in [0.4, 0.5) is 0 Å². The third kappa shape index (κ3) is 13.4. The highest BCUT2D eigenvalue weighted by Crippen LogP contribution is 2.34. The predicted octanol–water partition coefficient (Wildman–Crippen LogP) is 10.1. The second-order valence-electron chi connectivity index (χ2n) is 17.0. The number of rotatable bonds is 16. The van der Waals surface area contributed by atoms with Gasteiger partial charge in [0, 0.05) is 36.7 Å². The molecule has 0 aromatic heterocycles. The molecule has 3 aliphatic rings. The van der Waals surface area contributed by atoms with E-state index in [1.165, 1.54) is 82.1 Å². The maximum Gasteiger partial charge on any atom is 0.183 e. The van der Waals surface area contributed by atoms with Crippen molar-refractivity contribution in [1.29, 1.82) is 0 Å². The molecule has 0 aromatic rings. The van der Waals surface area contributed by atoms with Crippen molar-refractivity contribution in [3.05, 3.63) is 0 Å². The number of aliphatic imine (C=N–C) groups is 2. The van der Waals surface area contributed by atoms with Crippen LogP contribution in [0.15, 0.2) is 9.98 Å². The van der Waals surface area contributed by atoms with Gasteiger partial charge in [-0.3, -0.25) is 9.98 Å².